The van der Waals surface area contributed by atoms with Gasteiger partial charge in [-0.25, -0.2) is 4.98 Å². The van der Waals surface area contributed by atoms with E-state index in [0.717, 1.165) is 21.4 Å². The zero-order valence-electron chi connectivity index (χ0n) is 11.3. The average Bonchev–Trinajstić information content (AvgIpc) is 2.81. The van der Waals surface area contributed by atoms with Crippen molar-refractivity contribution in [3.63, 3.8) is 0 Å². The van der Waals surface area contributed by atoms with E-state index in [4.69, 9.17) is 12.2 Å². The topological polar surface area (TPSA) is 46.5 Å². The lowest BCUT2D eigenvalue weighted by molar-refractivity contribution is 0.597. The van der Waals surface area contributed by atoms with E-state index >= 15 is 0 Å². The Bertz CT molecular complexity index is 604. The summed E-state index contributed by atoms with van der Waals surface area (Å²) in [4.78, 5) is 5.74. The second-order valence-corrected chi connectivity index (χ2v) is 6.51. The summed E-state index contributed by atoms with van der Waals surface area (Å²) in [6, 6.07) is 0.286. The average molecular weight is 282 g/mol. The zero-order chi connectivity index (χ0) is 13.4. The summed E-state index contributed by atoms with van der Waals surface area (Å²) in [5, 5.41) is 8.33. The molecule has 0 amide bonds. The smallest absolute Gasteiger partial charge is 0.195 e. The van der Waals surface area contributed by atoms with Crippen LogP contribution in [0.15, 0.2) is 0 Å². The largest absolute Gasteiger partial charge is 0.297 e. The highest BCUT2D eigenvalue weighted by Crippen LogP contribution is 2.34. The van der Waals surface area contributed by atoms with Crippen molar-refractivity contribution < 1.29 is 0 Å². The Morgan fingerprint density at radius 2 is 1.94 bits per heavy atom. The van der Waals surface area contributed by atoms with Crippen LogP contribution in [0.5, 0.6) is 0 Å². The number of nitrogens with zero attached hydrogens (tertiary/aromatic N) is 3. The molecule has 0 spiro atoms. The summed E-state index contributed by atoms with van der Waals surface area (Å²) in [6.07, 6.45) is 0. The SMILES string of the molecule is Cc1nc(C(C)C)c(-c2n[nH]c(=S)n2C(C)C)s1. The van der Waals surface area contributed by atoms with E-state index in [1.165, 1.54) is 0 Å². The number of H-pyrrole nitrogens is 1. The summed E-state index contributed by atoms with van der Waals surface area (Å²) >= 11 is 6.97. The van der Waals surface area contributed by atoms with Crippen LogP contribution < -0.4 is 0 Å². The van der Waals surface area contributed by atoms with Crippen LogP contribution in [0.3, 0.4) is 0 Å². The standard InChI is InChI=1S/C12H18N4S2/c1-6(2)9-10(18-8(5)13-9)11-14-15-12(17)16(11)7(3)4/h6-7H,1-5H3,(H,15,17). The van der Waals surface area contributed by atoms with E-state index < -0.39 is 0 Å². The van der Waals surface area contributed by atoms with Crippen LogP contribution in [0, 0.1) is 11.7 Å². The highest BCUT2D eigenvalue weighted by molar-refractivity contribution is 7.71. The molecule has 2 heterocycles. The van der Waals surface area contributed by atoms with Gasteiger partial charge in [-0.15, -0.1) is 11.3 Å². The van der Waals surface area contributed by atoms with E-state index in [1.807, 2.05) is 11.5 Å². The number of aryl methyl sites for hydroxylation is 1. The lowest BCUT2D eigenvalue weighted by Crippen LogP contribution is -2.04. The number of aromatic amines is 1. The highest BCUT2D eigenvalue weighted by Gasteiger charge is 2.20. The molecule has 0 aliphatic rings. The normalized spacial score (nSPS) is 11.7. The first-order chi connectivity index (χ1) is 8.41. The van der Waals surface area contributed by atoms with Gasteiger partial charge >= 0.3 is 0 Å². The maximum atomic E-state index is 5.29. The van der Waals surface area contributed by atoms with Crippen LogP contribution in [0.25, 0.3) is 10.7 Å². The number of hydrogen-bond donors (Lipinski definition) is 1. The summed E-state index contributed by atoms with van der Waals surface area (Å²) in [6.45, 7) is 10.6. The maximum absolute atomic E-state index is 5.29. The second kappa shape index (κ2) is 4.93. The Balaban J connectivity index is 2.66. The molecule has 0 radical (unpaired) electrons. The van der Waals surface area contributed by atoms with Crippen molar-refractivity contribution in [3.05, 3.63) is 15.5 Å². The van der Waals surface area contributed by atoms with E-state index in [-0.39, 0.29) is 6.04 Å². The van der Waals surface area contributed by atoms with Gasteiger partial charge in [0.25, 0.3) is 0 Å². The van der Waals surface area contributed by atoms with E-state index in [2.05, 4.69) is 42.9 Å². The first kappa shape index (κ1) is 13.4. The van der Waals surface area contributed by atoms with Crippen molar-refractivity contribution in [2.24, 2.45) is 0 Å². The Labute approximate surface area is 116 Å². The van der Waals surface area contributed by atoms with Gasteiger partial charge in [0.05, 0.1) is 15.6 Å². The fourth-order valence-corrected chi connectivity index (χ4v) is 3.34. The second-order valence-electron chi connectivity index (χ2n) is 4.92. The fourth-order valence-electron chi connectivity index (χ4n) is 1.94. The van der Waals surface area contributed by atoms with E-state index in [1.54, 1.807) is 11.3 Å². The van der Waals surface area contributed by atoms with Crippen molar-refractivity contribution >= 4 is 23.6 Å². The molecule has 0 atom stereocenters. The van der Waals surface area contributed by atoms with E-state index in [9.17, 15) is 0 Å². The summed E-state index contributed by atoms with van der Waals surface area (Å²) in [5.74, 6) is 1.29. The lowest BCUT2D eigenvalue weighted by atomic mass is 10.1. The van der Waals surface area contributed by atoms with Crippen LogP contribution in [-0.4, -0.2) is 19.7 Å². The third kappa shape index (κ3) is 2.27. The first-order valence-electron chi connectivity index (χ1n) is 6.06. The predicted molar refractivity (Wildman–Crippen MR) is 77.7 cm³/mol. The highest BCUT2D eigenvalue weighted by atomic mass is 32.1. The minimum atomic E-state index is 0.286. The molecule has 1 N–H and O–H groups in total. The summed E-state index contributed by atoms with van der Waals surface area (Å²) < 4.78 is 2.72. The van der Waals surface area contributed by atoms with Crippen LogP contribution in [0.2, 0.25) is 0 Å². The number of rotatable bonds is 3. The van der Waals surface area contributed by atoms with Crippen LogP contribution in [0.1, 0.15) is 50.4 Å². The molecule has 0 aliphatic heterocycles. The van der Waals surface area contributed by atoms with Gasteiger partial charge in [0.15, 0.2) is 10.6 Å². The van der Waals surface area contributed by atoms with Gasteiger partial charge < -0.3 is 0 Å². The van der Waals surface area contributed by atoms with Gasteiger partial charge in [0, 0.05) is 6.04 Å². The third-order valence-electron chi connectivity index (χ3n) is 2.73. The molecule has 18 heavy (non-hydrogen) atoms. The molecule has 98 valence electrons. The molecule has 0 aromatic carbocycles. The Morgan fingerprint density at radius 3 is 2.50 bits per heavy atom. The molecule has 0 aliphatic carbocycles. The predicted octanol–water partition coefficient (Wildman–Crippen LogP) is 4.08. The van der Waals surface area contributed by atoms with Crippen LogP contribution in [-0.2, 0) is 0 Å². The quantitative estimate of drug-likeness (QED) is 0.863. The number of aromatic nitrogens is 4. The number of hydrogen-bond acceptors (Lipinski definition) is 4. The maximum Gasteiger partial charge on any atom is 0.195 e. The van der Waals surface area contributed by atoms with Crippen molar-refractivity contribution in [3.8, 4) is 10.7 Å². The van der Waals surface area contributed by atoms with Crippen LogP contribution >= 0.6 is 23.6 Å². The molecule has 2 aromatic rings. The third-order valence-corrected chi connectivity index (χ3v) is 4.00. The molecule has 0 fully saturated rings. The molecular weight excluding hydrogens is 264 g/mol. The Hall–Kier alpha value is -1.01. The Morgan fingerprint density at radius 1 is 1.28 bits per heavy atom. The number of nitrogens with one attached hydrogen (secondary N) is 1. The Kier molecular flexibility index (Phi) is 3.68. The van der Waals surface area contributed by atoms with Crippen molar-refractivity contribution in [2.75, 3.05) is 0 Å². The molecule has 6 heteroatoms. The fraction of sp³-hybridized carbons (Fsp3) is 0.583. The van der Waals surface area contributed by atoms with Gasteiger partial charge in [-0.1, -0.05) is 13.8 Å². The molecule has 0 bridgehead atoms. The minimum absolute atomic E-state index is 0.286. The van der Waals surface area contributed by atoms with E-state index in [0.29, 0.717) is 10.7 Å². The monoisotopic (exact) mass is 282 g/mol. The molecule has 2 aromatic heterocycles. The van der Waals surface area contributed by atoms with Gasteiger partial charge in [-0.2, -0.15) is 5.10 Å². The molecule has 0 saturated carbocycles. The molecular formula is C12H18N4S2. The van der Waals surface area contributed by atoms with Gasteiger partial charge in [-0.05, 0) is 38.9 Å². The summed E-state index contributed by atoms with van der Waals surface area (Å²) in [5.41, 5.74) is 1.10. The summed E-state index contributed by atoms with van der Waals surface area (Å²) in [7, 11) is 0. The lowest BCUT2D eigenvalue weighted by Gasteiger charge is -2.10. The van der Waals surface area contributed by atoms with Gasteiger partial charge in [0.2, 0.25) is 0 Å². The first-order valence-corrected chi connectivity index (χ1v) is 7.29. The molecule has 0 saturated heterocycles. The van der Waals surface area contributed by atoms with Crippen molar-refractivity contribution in [1.29, 1.82) is 0 Å². The minimum Gasteiger partial charge on any atom is -0.297 e. The molecule has 0 unspecified atom stereocenters. The van der Waals surface area contributed by atoms with Gasteiger partial charge in [0.1, 0.15) is 0 Å². The number of thiazole rings is 1. The molecule has 2 rings (SSSR count). The van der Waals surface area contributed by atoms with Gasteiger partial charge in [-0.3, -0.25) is 9.67 Å². The van der Waals surface area contributed by atoms with Crippen LogP contribution in [0.4, 0.5) is 0 Å². The van der Waals surface area contributed by atoms with Crippen molar-refractivity contribution in [1.82, 2.24) is 19.7 Å². The zero-order valence-corrected chi connectivity index (χ0v) is 12.9. The molecule has 4 nitrogen and oxygen atoms in total. The van der Waals surface area contributed by atoms with Crippen molar-refractivity contribution in [2.45, 2.75) is 46.6 Å².